The molecule has 1 aromatic rings. The van der Waals surface area contributed by atoms with E-state index in [0.29, 0.717) is 6.54 Å². The highest BCUT2D eigenvalue weighted by atomic mass is 16.2. The van der Waals surface area contributed by atoms with Gasteiger partial charge in [-0.1, -0.05) is 38.3 Å². The molecule has 2 N–H and O–H groups in total. The number of hydrogen-bond donors (Lipinski definition) is 2. The molecule has 27 heavy (non-hydrogen) atoms. The van der Waals surface area contributed by atoms with Crippen LogP contribution in [-0.4, -0.2) is 49.6 Å². The summed E-state index contributed by atoms with van der Waals surface area (Å²) in [5.74, 6) is -0.255. The quantitative estimate of drug-likeness (QED) is 0.770. The highest BCUT2D eigenvalue weighted by Gasteiger charge is 2.23. The van der Waals surface area contributed by atoms with Crippen molar-refractivity contribution in [2.45, 2.75) is 64.6 Å². The Kier molecular flexibility index (Phi) is 8.10. The second kappa shape index (κ2) is 10.3. The van der Waals surface area contributed by atoms with Gasteiger partial charge >= 0.3 is 6.03 Å². The SMILES string of the molecule is CCN(Cc1ccc(N(C)C)cc1)[C@@H](C)C(=O)NC(=O)NC1CCCCC1. The van der Waals surface area contributed by atoms with Gasteiger partial charge in [-0.05, 0) is 44.0 Å². The van der Waals surface area contributed by atoms with E-state index in [1.807, 2.05) is 27.9 Å². The van der Waals surface area contributed by atoms with Gasteiger partial charge in [0, 0.05) is 32.4 Å². The molecule has 3 amide bonds. The number of anilines is 1. The van der Waals surface area contributed by atoms with Crippen molar-refractivity contribution in [2.24, 2.45) is 0 Å². The second-order valence-electron chi connectivity index (χ2n) is 7.60. The van der Waals surface area contributed by atoms with Crippen LogP contribution in [0.15, 0.2) is 24.3 Å². The van der Waals surface area contributed by atoms with Crippen molar-refractivity contribution >= 4 is 17.6 Å². The Balaban J connectivity index is 1.87. The van der Waals surface area contributed by atoms with Crippen molar-refractivity contribution in [3.63, 3.8) is 0 Å². The summed E-state index contributed by atoms with van der Waals surface area (Å²) >= 11 is 0. The van der Waals surface area contributed by atoms with Gasteiger partial charge in [0.25, 0.3) is 0 Å². The number of rotatable bonds is 7. The van der Waals surface area contributed by atoms with Crippen LogP contribution in [0.5, 0.6) is 0 Å². The number of carbonyl (C=O) groups is 2. The van der Waals surface area contributed by atoms with Crippen molar-refractivity contribution in [3.8, 4) is 0 Å². The third-order valence-electron chi connectivity index (χ3n) is 5.35. The Morgan fingerprint density at radius 1 is 1.11 bits per heavy atom. The van der Waals surface area contributed by atoms with Gasteiger partial charge in [0.15, 0.2) is 0 Å². The highest BCUT2D eigenvalue weighted by molar-refractivity contribution is 5.96. The third kappa shape index (κ3) is 6.54. The predicted molar refractivity (Wildman–Crippen MR) is 110 cm³/mol. The van der Waals surface area contributed by atoms with Crippen molar-refractivity contribution < 1.29 is 9.59 Å². The average Bonchev–Trinajstić information content (AvgIpc) is 2.66. The summed E-state index contributed by atoms with van der Waals surface area (Å²) in [6.07, 6.45) is 5.52. The monoisotopic (exact) mass is 374 g/mol. The molecule has 0 aromatic heterocycles. The summed E-state index contributed by atoms with van der Waals surface area (Å²) in [6, 6.07) is 7.76. The van der Waals surface area contributed by atoms with E-state index in [0.717, 1.165) is 43.5 Å². The Hall–Kier alpha value is -2.08. The molecule has 6 heteroatoms. The molecule has 0 unspecified atom stereocenters. The molecule has 0 radical (unpaired) electrons. The van der Waals surface area contributed by atoms with E-state index in [1.54, 1.807) is 0 Å². The van der Waals surface area contributed by atoms with Crippen molar-refractivity contribution in [3.05, 3.63) is 29.8 Å². The predicted octanol–water partition coefficient (Wildman–Crippen LogP) is 3.12. The molecule has 0 aliphatic heterocycles. The molecule has 150 valence electrons. The van der Waals surface area contributed by atoms with Gasteiger partial charge in [0.05, 0.1) is 6.04 Å². The molecule has 0 spiro atoms. The molecule has 1 aliphatic rings. The smallest absolute Gasteiger partial charge is 0.321 e. The van der Waals surface area contributed by atoms with E-state index in [2.05, 4.69) is 44.7 Å². The van der Waals surface area contributed by atoms with Gasteiger partial charge in [-0.2, -0.15) is 0 Å². The molecule has 1 saturated carbocycles. The number of amides is 3. The highest BCUT2D eigenvalue weighted by Crippen LogP contribution is 2.17. The number of nitrogens with zero attached hydrogens (tertiary/aromatic N) is 2. The minimum absolute atomic E-state index is 0.194. The maximum atomic E-state index is 12.5. The van der Waals surface area contributed by atoms with Crippen molar-refractivity contribution in [2.75, 3.05) is 25.5 Å². The first-order valence-corrected chi connectivity index (χ1v) is 10.0. The van der Waals surface area contributed by atoms with Crippen LogP contribution in [0.2, 0.25) is 0 Å². The zero-order valence-electron chi connectivity index (χ0n) is 17.1. The molecular weight excluding hydrogens is 340 g/mol. The molecule has 0 saturated heterocycles. The first kappa shape index (κ1) is 21.2. The fourth-order valence-electron chi connectivity index (χ4n) is 3.51. The van der Waals surface area contributed by atoms with Crippen molar-refractivity contribution in [1.82, 2.24) is 15.5 Å². The van der Waals surface area contributed by atoms with Crippen molar-refractivity contribution in [1.29, 1.82) is 0 Å². The lowest BCUT2D eigenvalue weighted by atomic mass is 9.96. The number of imide groups is 1. The van der Waals surface area contributed by atoms with Crippen LogP contribution >= 0.6 is 0 Å². The number of benzene rings is 1. The van der Waals surface area contributed by atoms with Crippen LogP contribution in [-0.2, 0) is 11.3 Å². The molecule has 2 rings (SSSR count). The summed E-state index contributed by atoms with van der Waals surface area (Å²) in [5, 5.41) is 5.45. The summed E-state index contributed by atoms with van der Waals surface area (Å²) < 4.78 is 0. The number of urea groups is 1. The summed E-state index contributed by atoms with van der Waals surface area (Å²) in [4.78, 5) is 28.8. The fourth-order valence-corrected chi connectivity index (χ4v) is 3.51. The summed E-state index contributed by atoms with van der Waals surface area (Å²) in [7, 11) is 4.02. The van der Waals surface area contributed by atoms with Gasteiger partial charge in [-0.3, -0.25) is 15.0 Å². The Bertz CT molecular complexity index is 609. The topological polar surface area (TPSA) is 64.7 Å². The first-order chi connectivity index (χ1) is 12.9. The average molecular weight is 375 g/mol. The lowest BCUT2D eigenvalue weighted by molar-refractivity contribution is -0.124. The zero-order valence-corrected chi connectivity index (χ0v) is 17.1. The minimum atomic E-state index is -0.374. The summed E-state index contributed by atoms with van der Waals surface area (Å²) in [5.41, 5.74) is 2.29. The van der Waals surface area contributed by atoms with Crippen LogP contribution < -0.4 is 15.5 Å². The van der Waals surface area contributed by atoms with Crippen LogP contribution in [0.4, 0.5) is 10.5 Å². The minimum Gasteiger partial charge on any atom is -0.378 e. The Morgan fingerprint density at radius 3 is 2.30 bits per heavy atom. The van der Waals surface area contributed by atoms with Gasteiger partial charge in [0.2, 0.25) is 5.91 Å². The maximum absolute atomic E-state index is 12.5. The molecule has 1 aliphatic carbocycles. The molecule has 1 atom stereocenters. The van der Waals surface area contributed by atoms with E-state index in [9.17, 15) is 9.59 Å². The van der Waals surface area contributed by atoms with E-state index in [-0.39, 0.29) is 24.0 Å². The number of likely N-dealkylation sites (N-methyl/N-ethyl adjacent to an activating group) is 1. The Morgan fingerprint density at radius 2 is 1.74 bits per heavy atom. The van der Waals surface area contributed by atoms with Crippen LogP contribution in [0.25, 0.3) is 0 Å². The molecule has 0 heterocycles. The Labute approximate surface area is 163 Å². The molecule has 6 nitrogen and oxygen atoms in total. The molecule has 0 bridgehead atoms. The van der Waals surface area contributed by atoms with Gasteiger partial charge in [-0.15, -0.1) is 0 Å². The number of nitrogens with one attached hydrogen (secondary N) is 2. The normalized spacial score (nSPS) is 16.0. The van der Waals surface area contributed by atoms with E-state index in [1.165, 1.54) is 6.42 Å². The van der Waals surface area contributed by atoms with Gasteiger partial charge < -0.3 is 10.2 Å². The van der Waals surface area contributed by atoms with E-state index in [4.69, 9.17) is 0 Å². The molecule has 1 aromatic carbocycles. The van der Waals surface area contributed by atoms with Gasteiger partial charge in [-0.25, -0.2) is 4.79 Å². The lowest BCUT2D eigenvalue weighted by Crippen LogP contribution is -2.51. The molecule has 1 fully saturated rings. The van der Waals surface area contributed by atoms with Crippen LogP contribution in [0, 0.1) is 0 Å². The zero-order chi connectivity index (χ0) is 19.8. The fraction of sp³-hybridized carbons (Fsp3) is 0.619. The standard InChI is InChI=1S/C21H34N4O2/c1-5-25(15-17-11-13-19(14-12-17)24(3)4)16(2)20(26)23-21(27)22-18-9-7-6-8-10-18/h11-14,16,18H,5-10,15H2,1-4H3,(H2,22,23,26,27)/t16-/m0/s1. The lowest BCUT2D eigenvalue weighted by Gasteiger charge is -2.28. The van der Waals surface area contributed by atoms with Crippen LogP contribution in [0.1, 0.15) is 51.5 Å². The third-order valence-corrected chi connectivity index (χ3v) is 5.35. The van der Waals surface area contributed by atoms with E-state index >= 15 is 0 Å². The van der Waals surface area contributed by atoms with Crippen LogP contribution in [0.3, 0.4) is 0 Å². The van der Waals surface area contributed by atoms with Gasteiger partial charge in [0.1, 0.15) is 0 Å². The second-order valence-corrected chi connectivity index (χ2v) is 7.60. The molecular formula is C21H34N4O2. The number of carbonyl (C=O) groups excluding carboxylic acids is 2. The largest absolute Gasteiger partial charge is 0.378 e. The number of hydrogen-bond acceptors (Lipinski definition) is 4. The van der Waals surface area contributed by atoms with E-state index < -0.39 is 0 Å². The maximum Gasteiger partial charge on any atom is 0.321 e. The first-order valence-electron chi connectivity index (χ1n) is 10.0. The summed E-state index contributed by atoms with van der Waals surface area (Å²) in [6.45, 7) is 5.28.